The highest BCUT2D eigenvalue weighted by atomic mass is 16.1. The Morgan fingerprint density at radius 2 is 2.18 bits per heavy atom. The Morgan fingerprint density at radius 3 is 2.94 bits per heavy atom. The molecule has 3 rings (SSSR count). The number of benzene rings is 1. The van der Waals surface area contributed by atoms with E-state index in [1.165, 1.54) is 0 Å². The van der Waals surface area contributed by atoms with Crippen molar-refractivity contribution >= 4 is 16.8 Å². The fraction of sp³-hybridized carbons (Fsp3) is 0.308. The van der Waals surface area contributed by atoms with Gasteiger partial charge in [0.2, 0.25) is 0 Å². The molecule has 0 spiro atoms. The van der Waals surface area contributed by atoms with Crippen molar-refractivity contribution in [1.29, 1.82) is 0 Å². The van der Waals surface area contributed by atoms with E-state index < -0.39 is 0 Å². The monoisotopic (exact) mass is 229 g/mol. The number of carbonyl (C=O) groups is 1. The van der Waals surface area contributed by atoms with E-state index >= 15 is 0 Å². The molecule has 4 N–H and O–H groups in total. The number of hydrogen-bond acceptors (Lipinski definition) is 2. The van der Waals surface area contributed by atoms with Crippen molar-refractivity contribution in [2.24, 2.45) is 5.73 Å². The van der Waals surface area contributed by atoms with Gasteiger partial charge >= 0.3 is 0 Å². The first kappa shape index (κ1) is 10.4. The molecule has 1 aromatic heterocycles. The molecule has 88 valence electrons. The molecule has 4 heteroatoms. The molecule has 0 atom stereocenters. The fourth-order valence-electron chi connectivity index (χ4n) is 2.32. The lowest BCUT2D eigenvalue weighted by Gasteiger charge is -2.32. The molecule has 0 unspecified atom stereocenters. The predicted molar refractivity (Wildman–Crippen MR) is 66.8 cm³/mol. The number of hydrogen-bond donors (Lipinski definition) is 3. The average molecular weight is 229 g/mol. The summed E-state index contributed by atoms with van der Waals surface area (Å²) >= 11 is 0. The van der Waals surface area contributed by atoms with Crippen LogP contribution in [0.1, 0.15) is 23.2 Å². The average Bonchev–Trinajstić information content (AvgIpc) is 2.74. The highest BCUT2D eigenvalue weighted by Gasteiger charge is 2.27. The van der Waals surface area contributed by atoms with Crippen molar-refractivity contribution in [3.05, 3.63) is 36.0 Å². The third-order valence-corrected chi connectivity index (χ3v) is 3.34. The fourth-order valence-corrected chi connectivity index (χ4v) is 2.32. The lowest BCUT2D eigenvalue weighted by atomic mass is 9.87. The third kappa shape index (κ3) is 1.80. The van der Waals surface area contributed by atoms with Gasteiger partial charge in [0.05, 0.1) is 11.1 Å². The molecule has 1 heterocycles. The largest absolute Gasteiger partial charge is 0.361 e. The molecule has 1 amide bonds. The SMILES string of the molecule is NC1CC(NC(=O)c2cccc3cc[nH]c23)C1. The summed E-state index contributed by atoms with van der Waals surface area (Å²) < 4.78 is 0. The normalized spacial score (nSPS) is 23.4. The van der Waals surface area contributed by atoms with Crippen LogP contribution in [0.5, 0.6) is 0 Å². The Balaban J connectivity index is 1.83. The summed E-state index contributed by atoms with van der Waals surface area (Å²) in [6.45, 7) is 0. The number of aromatic amines is 1. The van der Waals surface area contributed by atoms with Crippen molar-refractivity contribution in [3.63, 3.8) is 0 Å². The maximum Gasteiger partial charge on any atom is 0.253 e. The summed E-state index contributed by atoms with van der Waals surface area (Å²) in [6, 6.07) is 8.18. The van der Waals surface area contributed by atoms with Crippen LogP contribution in [0.15, 0.2) is 30.5 Å². The van der Waals surface area contributed by atoms with Crippen LogP contribution in [0.3, 0.4) is 0 Å². The summed E-state index contributed by atoms with van der Waals surface area (Å²) in [4.78, 5) is 15.2. The first-order valence-corrected chi connectivity index (χ1v) is 5.86. The Morgan fingerprint density at radius 1 is 1.35 bits per heavy atom. The van der Waals surface area contributed by atoms with Crippen LogP contribution in [-0.4, -0.2) is 23.0 Å². The van der Waals surface area contributed by atoms with Crippen molar-refractivity contribution in [2.45, 2.75) is 24.9 Å². The molecule has 17 heavy (non-hydrogen) atoms. The van der Waals surface area contributed by atoms with E-state index in [4.69, 9.17) is 5.73 Å². The summed E-state index contributed by atoms with van der Waals surface area (Å²) in [7, 11) is 0. The number of rotatable bonds is 2. The number of H-pyrrole nitrogens is 1. The van der Waals surface area contributed by atoms with Gasteiger partial charge in [0.1, 0.15) is 0 Å². The highest BCUT2D eigenvalue weighted by Crippen LogP contribution is 2.20. The molecule has 2 aromatic rings. The smallest absolute Gasteiger partial charge is 0.253 e. The van der Waals surface area contributed by atoms with Crippen LogP contribution in [0.4, 0.5) is 0 Å². The van der Waals surface area contributed by atoms with Crippen LogP contribution in [0, 0.1) is 0 Å². The summed E-state index contributed by atoms with van der Waals surface area (Å²) in [5.74, 6) is -0.0186. The molecule has 1 saturated carbocycles. The van der Waals surface area contributed by atoms with Crippen LogP contribution >= 0.6 is 0 Å². The summed E-state index contributed by atoms with van der Waals surface area (Å²) in [6.07, 6.45) is 3.61. The molecular formula is C13H15N3O. The zero-order chi connectivity index (χ0) is 11.8. The second kappa shape index (κ2) is 3.89. The zero-order valence-corrected chi connectivity index (χ0v) is 9.44. The minimum Gasteiger partial charge on any atom is -0.361 e. The van der Waals surface area contributed by atoms with Gasteiger partial charge < -0.3 is 16.0 Å². The molecule has 1 fully saturated rings. The molecule has 1 aliphatic rings. The Hall–Kier alpha value is -1.81. The Kier molecular flexibility index (Phi) is 2.37. The number of fused-ring (bicyclic) bond motifs is 1. The zero-order valence-electron chi connectivity index (χ0n) is 9.44. The highest BCUT2D eigenvalue weighted by molar-refractivity contribution is 6.05. The number of nitrogens with two attached hydrogens (primary N) is 1. The number of nitrogens with one attached hydrogen (secondary N) is 2. The lowest BCUT2D eigenvalue weighted by molar-refractivity contribution is 0.0912. The minimum atomic E-state index is -0.0186. The van der Waals surface area contributed by atoms with Gasteiger partial charge in [-0.3, -0.25) is 4.79 Å². The quantitative estimate of drug-likeness (QED) is 0.728. The molecule has 0 bridgehead atoms. The van der Waals surface area contributed by atoms with E-state index in [-0.39, 0.29) is 18.0 Å². The number of aromatic nitrogens is 1. The molecule has 0 aliphatic heterocycles. The van der Waals surface area contributed by atoms with Crippen molar-refractivity contribution in [1.82, 2.24) is 10.3 Å². The summed E-state index contributed by atoms with van der Waals surface area (Å²) in [5.41, 5.74) is 7.30. The molecule has 0 saturated heterocycles. The van der Waals surface area contributed by atoms with Gasteiger partial charge in [-0.15, -0.1) is 0 Å². The topological polar surface area (TPSA) is 70.9 Å². The van der Waals surface area contributed by atoms with Gasteiger partial charge in [-0.1, -0.05) is 12.1 Å². The van der Waals surface area contributed by atoms with Gasteiger partial charge in [-0.05, 0) is 25.0 Å². The van der Waals surface area contributed by atoms with E-state index in [0.717, 1.165) is 23.7 Å². The molecule has 1 aliphatic carbocycles. The maximum absolute atomic E-state index is 12.1. The third-order valence-electron chi connectivity index (χ3n) is 3.34. The number of para-hydroxylation sites is 1. The molecule has 0 radical (unpaired) electrons. The van der Waals surface area contributed by atoms with Crippen molar-refractivity contribution < 1.29 is 4.79 Å². The van der Waals surface area contributed by atoms with E-state index in [2.05, 4.69) is 10.3 Å². The van der Waals surface area contributed by atoms with Crippen LogP contribution in [-0.2, 0) is 0 Å². The second-order valence-electron chi connectivity index (χ2n) is 4.65. The molecule has 4 nitrogen and oxygen atoms in total. The second-order valence-corrected chi connectivity index (χ2v) is 4.65. The van der Waals surface area contributed by atoms with Crippen molar-refractivity contribution in [2.75, 3.05) is 0 Å². The van der Waals surface area contributed by atoms with Crippen LogP contribution in [0.25, 0.3) is 10.9 Å². The van der Waals surface area contributed by atoms with E-state index in [9.17, 15) is 4.79 Å². The predicted octanol–water partition coefficient (Wildman–Crippen LogP) is 1.39. The number of amides is 1. The van der Waals surface area contributed by atoms with E-state index in [1.54, 1.807) is 0 Å². The van der Waals surface area contributed by atoms with Crippen LogP contribution in [0.2, 0.25) is 0 Å². The van der Waals surface area contributed by atoms with Gasteiger partial charge in [0.25, 0.3) is 5.91 Å². The standard InChI is InChI=1S/C13H15N3O/c14-9-6-10(7-9)16-13(17)11-3-1-2-8-4-5-15-12(8)11/h1-5,9-10,15H,6-7,14H2,(H,16,17). The minimum absolute atomic E-state index is 0.0186. The van der Waals surface area contributed by atoms with Gasteiger partial charge in [0.15, 0.2) is 0 Å². The van der Waals surface area contributed by atoms with Crippen molar-refractivity contribution in [3.8, 4) is 0 Å². The first-order valence-electron chi connectivity index (χ1n) is 5.86. The summed E-state index contributed by atoms with van der Waals surface area (Å²) in [5, 5.41) is 4.06. The van der Waals surface area contributed by atoms with E-state index in [0.29, 0.717) is 5.56 Å². The van der Waals surface area contributed by atoms with Gasteiger partial charge in [-0.25, -0.2) is 0 Å². The maximum atomic E-state index is 12.1. The lowest BCUT2D eigenvalue weighted by Crippen LogP contribution is -2.50. The van der Waals surface area contributed by atoms with Gasteiger partial charge in [-0.2, -0.15) is 0 Å². The molecular weight excluding hydrogens is 214 g/mol. The first-order chi connectivity index (χ1) is 8.24. The Labute approximate surface area is 99.2 Å². The molecule has 1 aromatic carbocycles. The van der Waals surface area contributed by atoms with Gasteiger partial charge in [0, 0.05) is 23.7 Å². The Bertz CT molecular complexity index is 555. The van der Waals surface area contributed by atoms with Crippen LogP contribution < -0.4 is 11.1 Å². The number of carbonyl (C=O) groups excluding carboxylic acids is 1. The van der Waals surface area contributed by atoms with E-state index in [1.807, 2.05) is 30.5 Å².